The maximum absolute atomic E-state index is 13.4. The molecule has 1 aliphatic rings. The lowest BCUT2D eigenvalue weighted by Crippen LogP contribution is -2.42. The van der Waals surface area contributed by atoms with E-state index < -0.39 is 0 Å². The zero-order valence-electron chi connectivity index (χ0n) is 21.9. The number of carbonyl (C=O) groups is 1. The zero-order chi connectivity index (χ0) is 25.9. The Morgan fingerprint density at radius 3 is 2.73 bits per heavy atom. The Balaban J connectivity index is 1.39. The summed E-state index contributed by atoms with van der Waals surface area (Å²) in [6.45, 7) is 7.88. The Labute approximate surface area is 221 Å². The minimum atomic E-state index is -0.222. The Bertz CT molecular complexity index is 1400. The molecular formula is C26H35N9OS. The fourth-order valence-electron chi connectivity index (χ4n) is 5.16. The van der Waals surface area contributed by atoms with Crippen molar-refractivity contribution >= 4 is 45.9 Å². The highest BCUT2D eigenvalue weighted by Gasteiger charge is 2.23. The van der Waals surface area contributed by atoms with Crippen LogP contribution in [-0.4, -0.2) is 68.5 Å². The minimum absolute atomic E-state index is 0.222. The van der Waals surface area contributed by atoms with E-state index in [0.29, 0.717) is 22.9 Å². The summed E-state index contributed by atoms with van der Waals surface area (Å²) in [4.78, 5) is 25.2. The first-order valence-corrected chi connectivity index (χ1v) is 14.1. The molecule has 37 heavy (non-hydrogen) atoms. The molecule has 0 spiro atoms. The summed E-state index contributed by atoms with van der Waals surface area (Å²) in [5.41, 5.74) is 4.93. The van der Waals surface area contributed by atoms with Gasteiger partial charge in [0.05, 0.1) is 23.1 Å². The number of aryl methyl sites for hydroxylation is 2. The molecule has 1 aliphatic heterocycles. The first kappa shape index (κ1) is 25.5. The number of hydrogen-bond acceptors (Lipinski definition) is 8. The summed E-state index contributed by atoms with van der Waals surface area (Å²) >= 11 is 1.58. The monoisotopic (exact) mass is 521 g/mol. The van der Waals surface area contributed by atoms with E-state index in [2.05, 4.69) is 43.3 Å². The molecule has 0 bridgehead atoms. The van der Waals surface area contributed by atoms with Crippen LogP contribution in [0.1, 0.15) is 41.5 Å². The summed E-state index contributed by atoms with van der Waals surface area (Å²) in [5, 5.41) is 12.2. The van der Waals surface area contributed by atoms with Gasteiger partial charge in [0.15, 0.2) is 11.5 Å². The van der Waals surface area contributed by atoms with Gasteiger partial charge in [0, 0.05) is 62.6 Å². The number of benzene rings is 1. The van der Waals surface area contributed by atoms with Crippen LogP contribution in [-0.2, 0) is 13.5 Å². The van der Waals surface area contributed by atoms with E-state index in [0.717, 1.165) is 73.6 Å². The van der Waals surface area contributed by atoms with Crippen LogP contribution in [0.15, 0.2) is 30.7 Å². The molecule has 3 aromatic heterocycles. The quantitative estimate of drug-likeness (QED) is 0.228. The van der Waals surface area contributed by atoms with Gasteiger partial charge in [-0.1, -0.05) is 18.9 Å². The van der Waals surface area contributed by atoms with Gasteiger partial charge in [-0.25, -0.2) is 4.98 Å². The molecule has 1 fully saturated rings. The number of hydrogen-bond donors (Lipinski definition) is 3. The van der Waals surface area contributed by atoms with Crippen molar-refractivity contribution in [2.24, 2.45) is 7.05 Å². The van der Waals surface area contributed by atoms with Crippen molar-refractivity contribution in [2.45, 2.75) is 39.2 Å². The number of carbonyl (C=O) groups excluding carboxylic acids is 1. The molecule has 4 aromatic rings. The van der Waals surface area contributed by atoms with Gasteiger partial charge in [0.2, 0.25) is 0 Å². The summed E-state index contributed by atoms with van der Waals surface area (Å²) in [5.74, 6) is 0.273. The van der Waals surface area contributed by atoms with Crippen molar-refractivity contribution < 1.29 is 4.79 Å². The average molecular weight is 522 g/mol. The predicted molar refractivity (Wildman–Crippen MR) is 151 cm³/mol. The van der Waals surface area contributed by atoms with Crippen molar-refractivity contribution in [2.75, 3.05) is 42.7 Å². The van der Waals surface area contributed by atoms with Gasteiger partial charge in [-0.05, 0) is 44.7 Å². The number of rotatable bonds is 9. The number of aromatic nitrogens is 5. The normalized spacial score (nSPS) is 14.6. The van der Waals surface area contributed by atoms with Crippen molar-refractivity contribution in [3.8, 4) is 0 Å². The Morgan fingerprint density at radius 1 is 1.16 bits per heavy atom. The third-order valence-electron chi connectivity index (χ3n) is 6.82. The molecule has 0 unspecified atom stereocenters. The molecule has 1 amide bonds. The number of nitrogens with one attached hydrogen (secondary N) is 3. The second-order valence-electron chi connectivity index (χ2n) is 9.50. The van der Waals surface area contributed by atoms with Gasteiger partial charge in [-0.2, -0.15) is 5.10 Å². The highest BCUT2D eigenvalue weighted by Crippen LogP contribution is 2.31. The van der Waals surface area contributed by atoms with Crippen molar-refractivity contribution in [3.63, 3.8) is 0 Å². The van der Waals surface area contributed by atoms with E-state index in [1.165, 1.54) is 0 Å². The molecule has 0 aliphatic carbocycles. The zero-order valence-corrected chi connectivity index (χ0v) is 22.7. The van der Waals surface area contributed by atoms with Crippen LogP contribution >= 0.6 is 11.9 Å². The van der Waals surface area contributed by atoms with Crippen molar-refractivity contribution in [1.82, 2.24) is 34.2 Å². The molecule has 10 nitrogen and oxygen atoms in total. The topological polar surface area (TPSA) is 104 Å². The Morgan fingerprint density at radius 2 is 1.97 bits per heavy atom. The van der Waals surface area contributed by atoms with E-state index in [-0.39, 0.29) is 5.91 Å². The van der Waals surface area contributed by atoms with Crippen LogP contribution in [0.2, 0.25) is 0 Å². The number of anilines is 2. The second kappa shape index (κ2) is 11.1. The molecule has 11 heteroatoms. The third kappa shape index (κ3) is 5.43. The summed E-state index contributed by atoms with van der Waals surface area (Å²) in [6.07, 6.45) is 10.7. The average Bonchev–Trinajstić information content (AvgIpc) is 3.46. The lowest BCUT2D eigenvalue weighted by atomic mass is 10.0. The van der Waals surface area contributed by atoms with Crippen LogP contribution in [0.4, 0.5) is 11.5 Å². The van der Waals surface area contributed by atoms with Crippen LogP contribution in [0.5, 0.6) is 0 Å². The van der Waals surface area contributed by atoms with E-state index in [1.54, 1.807) is 16.6 Å². The molecule has 5 rings (SSSR count). The molecule has 0 saturated carbocycles. The lowest BCUT2D eigenvalue weighted by Gasteiger charge is -2.34. The summed E-state index contributed by atoms with van der Waals surface area (Å²) < 4.78 is 6.97. The van der Waals surface area contributed by atoms with Gasteiger partial charge in [0.25, 0.3) is 5.91 Å². The highest BCUT2D eigenvalue weighted by atomic mass is 32.2. The molecular weight excluding hydrogens is 486 g/mol. The van der Waals surface area contributed by atoms with Gasteiger partial charge in [-0.3, -0.25) is 19.2 Å². The van der Waals surface area contributed by atoms with E-state index in [9.17, 15) is 4.79 Å². The summed E-state index contributed by atoms with van der Waals surface area (Å²) in [6, 6.07) is 4.51. The maximum Gasteiger partial charge on any atom is 0.259 e. The van der Waals surface area contributed by atoms with Crippen molar-refractivity contribution in [1.29, 1.82) is 0 Å². The van der Waals surface area contributed by atoms with Crippen LogP contribution in [0, 0.1) is 6.92 Å². The molecule has 196 valence electrons. The Kier molecular flexibility index (Phi) is 7.63. The van der Waals surface area contributed by atoms with E-state index in [4.69, 9.17) is 4.98 Å². The second-order valence-corrected chi connectivity index (χ2v) is 10.2. The highest BCUT2D eigenvalue weighted by molar-refractivity contribution is 7.96. The number of amides is 1. The number of fused-ring (bicyclic) bond motifs is 2. The first-order chi connectivity index (χ1) is 18.0. The molecule has 4 heterocycles. The molecule has 1 saturated heterocycles. The van der Waals surface area contributed by atoms with Crippen LogP contribution < -0.4 is 20.3 Å². The Hall–Kier alpha value is -3.15. The van der Waals surface area contributed by atoms with E-state index in [1.807, 2.05) is 49.3 Å². The van der Waals surface area contributed by atoms with Gasteiger partial charge in [0.1, 0.15) is 5.52 Å². The number of piperidine rings is 1. The SMILES string of the molecule is CCNC1CCN(c2ccc(C(=O)Nc3cn4cc(C)nc(CCNSC)c4n3)c3nn(C)cc23)CC1. The van der Waals surface area contributed by atoms with Crippen LogP contribution in [0.3, 0.4) is 0 Å². The largest absolute Gasteiger partial charge is 0.371 e. The third-order valence-corrected chi connectivity index (χ3v) is 7.31. The van der Waals surface area contributed by atoms with Gasteiger partial charge in [-0.15, -0.1) is 0 Å². The lowest BCUT2D eigenvalue weighted by molar-refractivity contribution is 0.102. The smallest absolute Gasteiger partial charge is 0.259 e. The number of imidazole rings is 1. The molecule has 1 aromatic carbocycles. The van der Waals surface area contributed by atoms with E-state index >= 15 is 0 Å². The summed E-state index contributed by atoms with van der Waals surface area (Å²) in [7, 11) is 1.90. The van der Waals surface area contributed by atoms with Gasteiger partial charge < -0.3 is 19.9 Å². The maximum atomic E-state index is 13.4. The van der Waals surface area contributed by atoms with Gasteiger partial charge >= 0.3 is 0 Å². The standard InChI is InChI=1S/C26H35N9OS/c1-5-27-18-9-12-34(13-10-18)22-7-6-19(24-20(22)15-33(3)32-24)26(36)31-23-16-35-14-17(2)29-21(25(35)30-23)8-11-28-37-4/h6-7,14-16,18,27-28H,5,8-13H2,1-4H3,(H,31,36). The fraction of sp³-hybridized carbons (Fsp3) is 0.462. The molecule has 3 N–H and O–H groups in total. The van der Waals surface area contributed by atoms with Crippen molar-refractivity contribution in [3.05, 3.63) is 47.7 Å². The number of nitrogens with zero attached hydrogens (tertiary/aromatic N) is 6. The molecule has 0 radical (unpaired) electrons. The predicted octanol–water partition coefficient (Wildman–Crippen LogP) is 3.17. The molecule has 0 atom stereocenters. The van der Waals surface area contributed by atoms with Crippen LogP contribution in [0.25, 0.3) is 16.6 Å². The fourth-order valence-corrected chi connectivity index (χ4v) is 5.47. The first-order valence-electron chi connectivity index (χ1n) is 12.8. The minimum Gasteiger partial charge on any atom is -0.371 e.